The van der Waals surface area contributed by atoms with Gasteiger partial charge in [0.05, 0.1) is 22.0 Å². The van der Waals surface area contributed by atoms with Crippen LogP contribution in [0.1, 0.15) is 12.8 Å². The molecule has 0 amide bonds. The predicted molar refractivity (Wildman–Crippen MR) is 107 cm³/mol. The quantitative estimate of drug-likeness (QED) is 0.269. The maximum Gasteiger partial charge on any atom is 0.305 e. The van der Waals surface area contributed by atoms with Crippen molar-refractivity contribution in [2.24, 2.45) is 0 Å². The van der Waals surface area contributed by atoms with Crippen molar-refractivity contribution < 1.29 is 27.6 Å². The molecule has 1 N–H and O–H groups in total. The van der Waals surface area contributed by atoms with Crippen LogP contribution in [0.4, 0.5) is 11.4 Å². The van der Waals surface area contributed by atoms with E-state index in [1.54, 1.807) is 0 Å². The molecule has 0 spiro atoms. The predicted octanol–water partition coefficient (Wildman–Crippen LogP) is 3.81. The topological polar surface area (TPSA) is 125 Å². The number of anilines is 1. The lowest BCUT2D eigenvalue weighted by Crippen LogP contribution is -2.08. The van der Waals surface area contributed by atoms with Crippen LogP contribution < -0.4 is 10.1 Å². The third kappa shape index (κ3) is 6.33. The van der Waals surface area contributed by atoms with Crippen molar-refractivity contribution >= 4 is 38.8 Å². The first-order valence-corrected chi connectivity index (χ1v) is 10.7. The summed E-state index contributed by atoms with van der Waals surface area (Å²) in [6.07, 6.45) is 1.66. The first kappa shape index (κ1) is 22.4. The van der Waals surface area contributed by atoms with Crippen molar-refractivity contribution in [2.75, 3.05) is 25.2 Å². The summed E-state index contributed by atoms with van der Waals surface area (Å²) in [5.41, 5.74) is 0.0511. The largest absolute Gasteiger partial charge is 0.469 e. The van der Waals surface area contributed by atoms with E-state index in [1.807, 2.05) is 0 Å². The van der Waals surface area contributed by atoms with Crippen LogP contribution >= 0.6 is 11.6 Å². The lowest BCUT2D eigenvalue weighted by atomic mass is 10.2. The Kier molecular flexibility index (Phi) is 7.40. The number of nitrogens with zero attached hydrogens (tertiary/aromatic N) is 1. The fourth-order valence-electron chi connectivity index (χ4n) is 2.36. The fourth-order valence-corrected chi connectivity index (χ4v) is 3.29. The number of benzene rings is 2. The minimum atomic E-state index is -3.42. The highest BCUT2D eigenvalue weighted by Gasteiger charge is 2.16. The molecule has 0 saturated carbocycles. The van der Waals surface area contributed by atoms with Gasteiger partial charge in [0.15, 0.2) is 9.84 Å². The summed E-state index contributed by atoms with van der Waals surface area (Å²) in [7, 11) is -2.13. The van der Waals surface area contributed by atoms with E-state index >= 15 is 0 Å². The van der Waals surface area contributed by atoms with E-state index in [1.165, 1.54) is 43.5 Å². The molecule has 2 rings (SSSR count). The second kappa shape index (κ2) is 9.57. The average molecular weight is 443 g/mol. The molecule has 0 heterocycles. The van der Waals surface area contributed by atoms with Crippen molar-refractivity contribution in [1.29, 1.82) is 0 Å². The Morgan fingerprint density at radius 1 is 1.24 bits per heavy atom. The maximum absolute atomic E-state index is 11.6. The van der Waals surface area contributed by atoms with Gasteiger partial charge in [0.2, 0.25) is 0 Å². The normalized spacial score (nSPS) is 11.0. The Morgan fingerprint density at radius 3 is 2.55 bits per heavy atom. The van der Waals surface area contributed by atoms with Crippen molar-refractivity contribution in [1.82, 2.24) is 0 Å². The standard InChI is InChI=1S/C18H19ClN2O7S/c1-27-18(22)4-3-9-20-15-10-12(5-7-16(15)21(23)24)28-17-8-6-13(11-14(17)19)29(2,25)26/h5-8,10-11,20H,3-4,9H2,1-2H3. The van der Waals surface area contributed by atoms with Crippen LogP contribution in [0.2, 0.25) is 5.02 Å². The average Bonchev–Trinajstić information content (AvgIpc) is 2.65. The molecule has 0 bridgehead atoms. The smallest absolute Gasteiger partial charge is 0.305 e. The van der Waals surface area contributed by atoms with Crippen LogP contribution in [-0.4, -0.2) is 39.2 Å². The van der Waals surface area contributed by atoms with Gasteiger partial charge in [-0.2, -0.15) is 0 Å². The van der Waals surface area contributed by atoms with E-state index in [-0.39, 0.29) is 45.2 Å². The van der Waals surface area contributed by atoms with Gasteiger partial charge in [-0.15, -0.1) is 0 Å². The highest BCUT2D eigenvalue weighted by Crippen LogP contribution is 2.35. The lowest BCUT2D eigenvalue weighted by Gasteiger charge is -2.11. The monoisotopic (exact) mass is 442 g/mol. The van der Waals surface area contributed by atoms with E-state index in [9.17, 15) is 23.3 Å². The molecule has 0 fully saturated rings. The number of methoxy groups -OCH3 is 1. The number of esters is 1. The molecule has 0 radical (unpaired) electrons. The maximum atomic E-state index is 11.6. The van der Waals surface area contributed by atoms with E-state index in [4.69, 9.17) is 16.3 Å². The number of sulfone groups is 1. The number of carbonyl (C=O) groups excluding carboxylic acids is 1. The Hall–Kier alpha value is -2.85. The van der Waals surface area contributed by atoms with Gasteiger partial charge in [-0.05, 0) is 30.7 Å². The number of nitro groups is 1. The Morgan fingerprint density at radius 2 is 1.97 bits per heavy atom. The second-order valence-electron chi connectivity index (χ2n) is 6.01. The summed E-state index contributed by atoms with van der Waals surface area (Å²) in [6.45, 7) is 0.309. The van der Waals surface area contributed by atoms with Gasteiger partial charge < -0.3 is 14.8 Å². The summed E-state index contributed by atoms with van der Waals surface area (Å²) >= 11 is 6.10. The van der Waals surface area contributed by atoms with Gasteiger partial charge in [0.25, 0.3) is 5.69 Å². The van der Waals surface area contributed by atoms with Crippen molar-refractivity contribution in [3.05, 3.63) is 51.5 Å². The highest BCUT2D eigenvalue weighted by molar-refractivity contribution is 7.90. The molecule has 0 aliphatic heterocycles. The molecular formula is C18H19ClN2O7S. The van der Waals surface area contributed by atoms with Gasteiger partial charge >= 0.3 is 5.97 Å². The van der Waals surface area contributed by atoms with Gasteiger partial charge in [0.1, 0.15) is 17.2 Å². The van der Waals surface area contributed by atoms with Gasteiger partial charge in [-0.3, -0.25) is 14.9 Å². The molecule has 0 atom stereocenters. The Balaban J connectivity index is 2.19. The third-order valence-corrected chi connectivity index (χ3v) is 5.23. The fraction of sp³-hybridized carbons (Fsp3) is 0.278. The van der Waals surface area contributed by atoms with Gasteiger partial charge in [0, 0.05) is 31.4 Å². The first-order valence-electron chi connectivity index (χ1n) is 8.38. The Bertz CT molecular complexity index is 1020. The number of ether oxygens (including phenoxy) is 2. The number of nitro benzene ring substituents is 1. The summed E-state index contributed by atoms with van der Waals surface area (Å²) in [5.74, 6) is 0.0928. The van der Waals surface area contributed by atoms with Crippen LogP contribution in [0.3, 0.4) is 0 Å². The van der Waals surface area contributed by atoms with Crippen LogP contribution in [0.25, 0.3) is 0 Å². The molecule has 2 aromatic carbocycles. The minimum absolute atomic E-state index is 0.0477. The van der Waals surface area contributed by atoms with E-state index in [0.29, 0.717) is 13.0 Å². The first-order chi connectivity index (χ1) is 13.6. The zero-order chi connectivity index (χ0) is 21.6. The molecule has 0 unspecified atom stereocenters. The molecule has 2 aromatic rings. The summed E-state index contributed by atoms with van der Waals surface area (Å²) in [5, 5.41) is 14.2. The zero-order valence-corrected chi connectivity index (χ0v) is 17.2. The lowest BCUT2D eigenvalue weighted by molar-refractivity contribution is -0.384. The molecular weight excluding hydrogens is 424 g/mol. The van der Waals surface area contributed by atoms with Gasteiger partial charge in [-0.1, -0.05) is 11.6 Å². The van der Waals surface area contributed by atoms with E-state index in [2.05, 4.69) is 10.1 Å². The number of hydrogen-bond acceptors (Lipinski definition) is 8. The Labute approximate surface area is 172 Å². The van der Waals surface area contributed by atoms with Crippen molar-refractivity contribution in [3.63, 3.8) is 0 Å². The minimum Gasteiger partial charge on any atom is -0.469 e. The number of halogens is 1. The molecule has 0 aliphatic carbocycles. The molecule has 156 valence electrons. The third-order valence-electron chi connectivity index (χ3n) is 3.82. The van der Waals surface area contributed by atoms with Crippen LogP contribution in [-0.2, 0) is 19.4 Å². The SMILES string of the molecule is COC(=O)CCCNc1cc(Oc2ccc(S(C)(=O)=O)cc2Cl)ccc1[N+](=O)[O-]. The number of hydrogen-bond donors (Lipinski definition) is 1. The molecule has 9 nitrogen and oxygen atoms in total. The van der Waals surface area contributed by atoms with Crippen molar-refractivity contribution in [2.45, 2.75) is 17.7 Å². The van der Waals surface area contributed by atoms with Crippen LogP contribution in [0.15, 0.2) is 41.3 Å². The zero-order valence-electron chi connectivity index (χ0n) is 15.7. The van der Waals surface area contributed by atoms with Gasteiger partial charge in [-0.25, -0.2) is 8.42 Å². The van der Waals surface area contributed by atoms with Crippen molar-refractivity contribution in [3.8, 4) is 11.5 Å². The number of carbonyl (C=O) groups is 1. The molecule has 0 saturated heterocycles. The highest BCUT2D eigenvalue weighted by atomic mass is 35.5. The number of rotatable bonds is 9. The van der Waals surface area contributed by atoms with Crippen LogP contribution in [0.5, 0.6) is 11.5 Å². The van der Waals surface area contributed by atoms with E-state index < -0.39 is 14.8 Å². The molecule has 11 heteroatoms. The molecule has 0 aromatic heterocycles. The summed E-state index contributed by atoms with van der Waals surface area (Å²) < 4.78 is 33.4. The summed E-state index contributed by atoms with van der Waals surface area (Å²) in [4.78, 5) is 21.9. The second-order valence-corrected chi connectivity index (χ2v) is 8.43. The molecule has 29 heavy (non-hydrogen) atoms. The summed E-state index contributed by atoms with van der Waals surface area (Å²) in [6, 6.07) is 8.13. The van der Waals surface area contributed by atoms with E-state index in [0.717, 1.165) is 6.26 Å². The number of nitrogens with one attached hydrogen (secondary N) is 1. The van der Waals surface area contributed by atoms with Crippen LogP contribution in [0, 0.1) is 10.1 Å². The molecule has 0 aliphatic rings.